The first-order valence-corrected chi connectivity index (χ1v) is 7.04. The molecule has 0 aliphatic rings. The van der Waals surface area contributed by atoms with E-state index in [1.54, 1.807) is 7.05 Å². The number of benzene rings is 1. The van der Waals surface area contributed by atoms with Crippen LogP contribution >= 0.6 is 0 Å². The number of aliphatic hydroxyl groups is 1. The molecule has 1 heterocycles. The van der Waals surface area contributed by atoms with E-state index in [-0.39, 0.29) is 23.4 Å². The average molecular weight is 337 g/mol. The molecule has 0 saturated carbocycles. The molecular formula is C16H17F2N3O3. The van der Waals surface area contributed by atoms with Gasteiger partial charge in [0.2, 0.25) is 5.91 Å². The van der Waals surface area contributed by atoms with Gasteiger partial charge in [0, 0.05) is 24.9 Å². The van der Waals surface area contributed by atoms with Crippen LogP contribution in [0.4, 0.5) is 8.78 Å². The van der Waals surface area contributed by atoms with Crippen molar-refractivity contribution in [2.45, 2.75) is 12.5 Å². The Kier molecular flexibility index (Phi) is 4.70. The molecule has 4 N–H and O–H groups in total. The summed E-state index contributed by atoms with van der Waals surface area (Å²) in [5.41, 5.74) is 3.58. The van der Waals surface area contributed by atoms with Crippen LogP contribution in [0.15, 0.2) is 30.5 Å². The number of amides is 2. The van der Waals surface area contributed by atoms with Gasteiger partial charge in [0.15, 0.2) is 0 Å². The lowest BCUT2D eigenvalue weighted by molar-refractivity contribution is 0.0492. The zero-order valence-corrected chi connectivity index (χ0v) is 13.1. The van der Waals surface area contributed by atoms with Gasteiger partial charge in [-0.15, -0.1) is 0 Å². The number of aromatic nitrogens is 1. The molecule has 0 aliphatic carbocycles. The fraction of sp³-hybridized carbons (Fsp3) is 0.250. The first-order valence-electron chi connectivity index (χ1n) is 7.04. The Morgan fingerprint density at radius 3 is 2.54 bits per heavy atom. The standard InChI is InChI=1S/C16H17F2N3O3/c1-16(24,11-4-3-10(17)6-12(11)18)8-20-15(23)13-5-9(14(19)22)7-21(13)2/h3-7,24H,8H2,1-2H3,(H2,19,22)(H,20,23). The third-order valence-corrected chi connectivity index (χ3v) is 3.63. The van der Waals surface area contributed by atoms with Crippen molar-refractivity contribution in [2.75, 3.05) is 6.54 Å². The lowest BCUT2D eigenvalue weighted by Crippen LogP contribution is -2.39. The van der Waals surface area contributed by atoms with Gasteiger partial charge in [-0.25, -0.2) is 8.78 Å². The van der Waals surface area contributed by atoms with Crippen molar-refractivity contribution in [1.82, 2.24) is 9.88 Å². The molecule has 0 aliphatic heterocycles. The first kappa shape index (κ1) is 17.6. The van der Waals surface area contributed by atoms with Gasteiger partial charge in [0.05, 0.1) is 12.1 Å². The maximum absolute atomic E-state index is 13.8. The molecule has 2 amide bonds. The Bertz CT molecular complexity index is 800. The second-order valence-corrected chi connectivity index (χ2v) is 5.67. The van der Waals surface area contributed by atoms with E-state index in [1.165, 1.54) is 23.8 Å². The van der Waals surface area contributed by atoms with Crippen molar-refractivity contribution < 1.29 is 23.5 Å². The highest BCUT2D eigenvalue weighted by Crippen LogP contribution is 2.23. The summed E-state index contributed by atoms with van der Waals surface area (Å²) in [6, 6.07) is 4.10. The Morgan fingerprint density at radius 1 is 1.33 bits per heavy atom. The number of primary amides is 1. The van der Waals surface area contributed by atoms with E-state index in [9.17, 15) is 23.5 Å². The van der Waals surface area contributed by atoms with Crippen molar-refractivity contribution in [1.29, 1.82) is 0 Å². The summed E-state index contributed by atoms with van der Waals surface area (Å²) in [4.78, 5) is 23.3. The maximum atomic E-state index is 13.8. The van der Waals surface area contributed by atoms with E-state index < -0.39 is 29.0 Å². The molecule has 6 nitrogen and oxygen atoms in total. The van der Waals surface area contributed by atoms with Crippen LogP contribution in [0.25, 0.3) is 0 Å². The molecule has 0 fully saturated rings. The van der Waals surface area contributed by atoms with Crippen molar-refractivity contribution in [2.24, 2.45) is 12.8 Å². The number of halogens is 2. The van der Waals surface area contributed by atoms with Crippen molar-refractivity contribution in [3.8, 4) is 0 Å². The SMILES string of the molecule is Cn1cc(C(N)=O)cc1C(=O)NCC(C)(O)c1ccc(F)cc1F. The zero-order chi connectivity index (χ0) is 18.1. The number of nitrogens with two attached hydrogens (primary N) is 1. The van der Waals surface area contributed by atoms with E-state index >= 15 is 0 Å². The molecule has 1 atom stereocenters. The topological polar surface area (TPSA) is 97.4 Å². The third kappa shape index (κ3) is 3.60. The van der Waals surface area contributed by atoms with Gasteiger partial charge in [-0.2, -0.15) is 0 Å². The lowest BCUT2D eigenvalue weighted by atomic mass is 9.95. The molecule has 1 unspecified atom stereocenters. The van der Waals surface area contributed by atoms with Crippen LogP contribution in [-0.4, -0.2) is 28.0 Å². The summed E-state index contributed by atoms with van der Waals surface area (Å²) in [6.07, 6.45) is 1.40. The van der Waals surface area contributed by atoms with Crippen molar-refractivity contribution >= 4 is 11.8 Å². The predicted octanol–water partition coefficient (Wildman–Crippen LogP) is 1.04. The molecule has 1 aromatic heterocycles. The van der Waals surface area contributed by atoms with Crippen LogP contribution in [0, 0.1) is 11.6 Å². The van der Waals surface area contributed by atoms with Crippen LogP contribution < -0.4 is 11.1 Å². The fourth-order valence-corrected chi connectivity index (χ4v) is 2.29. The van der Waals surface area contributed by atoms with Gasteiger partial charge < -0.3 is 20.7 Å². The smallest absolute Gasteiger partial charge is 0.268 e. The monoisotopic (exact) mass is 337 g/mol. The normalized spacial score (nSPS) is 13.4. The summed E-state index contributed by atoms with van der Waals surface area (Å²) < 4.78 is 28.1. The molecule has 2 aromatic rings. The van der Waals surface area contributed by atoms with E-state index in [0.717, 1.165) is 12.1 Å². The summed E-state index contributed by atoms with van der Waals surface area (Å²) in [5, 5.41) is 12.8. The van der Waals surface area contributed by atoms with Crippen LogP contribution in [-0.2, 0) is 12.6 Å². The van der Waals surface area contributed by atoms with Gasteiger partial charge in [0.25, 0.3) is 5.91 Å². The van der Waals surface area contributed by atoms with E-state index in [4.69, 9.17) is 5.73 Å². The molecule has 24 heavy (non-hydrogen) atoms. The van der Waals surface area contributed by atoms with Gasteiger partial charge >= 0.3 is 0 Å². The van der Waals surface area contributed by atoms with Crippen LogP contribution in [0.1, 0.15) is 33.3 Å². The second kappa shape index (κ2) is 6.40. The Labute approximate surface area is 136 Å². The molecule has 2 rings (SSSR count). The number of nitrogens with zero attached hydrogens (tertiary/aromatic N) is 1. The van der Waals surface area contributed by atoms with Gasteiger partial charge in [-0.05, 0) is 19.1 Å². The van der Waals surface area contributed by atoms with Crippen molar-refractivity contribution in [3.63, 3.8) is 0 Å². The number of hydrogen-bond acceptors (Lipinski definition) is 3. The van der Waals surface area contributed by atoms with E-state index in [1.807, 2.05) is 0 Å². The Balaban J connectivity index is 2.14. The number of rotatable bonds is 5. The molecule has 0 radical (unpaired) electrons. The van der Waals surface area contributed by atoms with Gasteiger partial charge in [-0.1, -0.05) is 6.07 Å². The molecule has 0 bridgehead atoms. The highest BCUT2D eigenvalue weighted by Gasteiger charge is 2.28. The summed E-state index contributed by atoms with van der Waals surface area (Å²) in [5.74, 6) is -2.93. The number of nitrogens with one attached hydrogen (secondary N) is 1. The first-order chi connectivity index (χ1) is 11.1. The number of carbonyl (C=O) groups is 2. The van der Waals surface area contributed by atoms with E-state index in [2.05, 4.69) is 5.32 Å². The largest absolute Gasteiger partial charge is 0.383 e. The van der Waals surface area contributed by atoms with Crippen LogP contribution in [0.3, 0.4) is 0 Å². The molecule has 128 valence electrons. The third-order valence-electron chi connectivity index (χ3n) is 3.63. The minimum absolute atomic E-state index is 0.145. The summed E-state index contributed by atoms with van der Waals surface area (Å²) >= 11 is 0. The fourth-order valence-electron chi connectivity index (χ4n) is 2.29. The highest BCUT2D eigenvalue weighted by atomic mass is 19.1. The van der Waals surface area contributed by atoms with Crippen LogP contribution in [0.5, 0.6) is 0 Å². The Morgan fingerprint density at radius 2 is 2.00 bits per heavy atom. The summed E-state index contributed by atoms with van der Waals surface area (Å²) in [6.45, 7) is 0.981. The molecular weight excluding hydrogens is 320 g/mol. The van der Waals surface area contributed by atoms with Gasteiger partial charge in [0.1, 0.15) is 22.9 Å². The molecule has 0 spiro atoms. The predicted molar refractivity (Wildman–Crippen MR) is 82.2 cm³/mol. The van der Waals surface area contributed by atoms with E-state index in [0.29, 0.717) is 6.07 Å². The van der Waals surface area contributed by atoms with Gasteiger partial charge in [-0.3, -0.25) is 9.59 Å². The minimum atomic E-state index is -1.74. The van der Waals surface area contributed by atoms with Crippen molar-refractivity contribution in [3.05, 3.63) is 58.9 Å². The second-order valence-electron chi connectivity index (χ2n) is 5.67. The zero-order valence-electron chi connectivity index (χ0n) is 13.1. The molecule has 8 heteroatoms. The average Bonchev–Trinajstić information content (AvgIpc) is 2.87. The molecule has 1 aromatic carbocycles. The quantitative estimate of drug-likeness (QED) is 0.760. The number of aryl methyl sites for hydroxylation is 1. The minimum Gasteiger partial charge on any atom is -0.383 e. The lowest BCUT2D eigenvalue weighted by Gasteiger charge is -2.24. The molecule has 0 saturated heterocycles. The Hall–Kier alpha value is -2.74. The number of hydrogen-bond donors (Lipinski definition) is 3. The highest BCUT2D eigenvalue weighted by molar-refractivity contribution is 5.98. The van der Waals surface area contributed by atoms with Crippen LogP contribution in [0.2, 0.25) is 0 Å². The summed E-state index contributed by atoms with van der Waals surface area (Å²) in [7, 11) is 1.55. The maximum Gasteiger partial charge on any atom is 0.268 e. The number of carbonyl (C=O) groups excluding carboxylic acids is 2.